The van der Waals surface area contributed by atoms with E-state index in [1.807, 2.05) is 5.38 Å². The molecule has 0 spiro atoms. The molecule has 0 radical (unpaired) electrons. The van der Waals surface area contributed by atoms with E-state index in [0.29, 0.717) is 13.2 Å². The van der Waals surface area contributed by atoms with Gasteiger partial charge in [0, 0.05) is 11.9 Å². The van der Waals surface area contributed by atoms with Gasteiger partial charge in [0.15, 0.2) is 0 Å². The zero-order valence-electron chi connectivity index (χ0n) is 8.93. The molecular weight excluding hydrogens is 244 g/mol. The third-order valence-corrected chi connectivity index (χ3v) is 2.81. The van der Waals surface area contributed by atoms with Crippen molar-refractivity contribution in [2.75, 3.05) is 13.2 Å². The van der Waals surface area contributed by atoms with Crippen LogP contribution in [0.25, 0.3) is 0 Å². The van der Waals surface area contributed by atoms with Gasteiger partial charge in [-0.15, -0.1) is 11.3 Å². The van der Waals surface area contributed by atoms with Crippen molar-refractivity contribution in [3.63, 3.8) is 0 Å². The Morgan fingerprint density at radius 3 is 3.12 bits per heavy atom. The summed E-state index contributed by atoms with van der Waals surface area (Å²) in [5, 5.41) is 6.86. The molecule has 0 aromatic carbocycles. The lowest BCUT2D eigenvalue weighted by Crippen LogP contribution is -2.46. The maximum Gasteiger partial charge on any atom is 0.309 e. The highest BCUT2D eigenvalue weighted by molar-refractivity contribution is 7.07. The van der Waals surface area contributed by atoms with Crippen LogP contribution in [0.3, 0.4) is 0 Å². The summed E-state index contributed by atoms with van der Waals surface area (Å²) in [4.78, 5) is 31.7. The van der Waals surface area contributed by atoms with Crippen molar-refractivity contribution in [3.05, 3.63) is 16.6 Å². The molecule has 1 aliphatic rings. The number of carbonyl (C=O) groups is 2. The molecule has 8 heteroatoms. The van der Waals surface area contributed by atoms with Crippen LogP contribution in [0.2, 0.25) is 0 Å². The molecule has 7 nitrogen and oxygen atoms in total. The fraction of sp³-hybridized carbons (Fsp3) is 0.444. The Balaban J connectivity index is 1.73. The van der Waals surface area contributed by atoms with Gasteiger partial charge in [0.05, 0.1) is 30.4 Å². The maximum absolute atomic E-state index is 11.4. The summed E-state index contributed by atoms with van der Waals surface area (Å²) in [6.45, 7) is 1.13. The van der Waals surface area contributed by atoms with Crippen LogP contribution < -0.4 is 16.1 Å². The van der Waals surface area contributed by atoms with Crippen LogP contribution in [0.5, 0.6) is 0 Å². The zero-order chi connectivity index (χ0) is 12.1. The molecule has 1 aromatic rings. The lowest BCUT2D eigenvalue weighted by atomic mass is 10.3. The van der Waals surface area contributed by atoms with Crippen LogP contribution in [0, 0.1) is 0 Å². The van der Waals surface area contributed by atoms with Crippen molar-refractivity contribution < 1.29 is 14.4 Å². The first-order valence-electron chi connectivity index (χ1n) is 5.06. The van der Waals surface area contributed by atoms with Crippen molar-refractivity contribution in [3.8, 4) is 0 Å². The van der Waals surface area contributed by atoms with Crippen molar-refractivity contribution in [1.82, 2.24) is 21.1 Å². The van der Waals surface area contributed by atoms with Crippen molar-refractivity contribution in [2.24, 2.45) is 0 Å². The first-order valence-corrected chi connectivity index (χ1v) is 6.00. The molecule has 2 heterocycles. The van der Waals surface area contributed by atoms with Crippen molar-refractivity contribution in [1.29, 1.82) is 0 Å². The van der Waals surface area contributed by atoms with E-state index in [2.05, 4.69) is 21.1 Å². The molecule has 17 heavy (non-hydrogen) atoms. The molecule has 0 unspecified atom stereocenters. The van der Waals surface area contributed by atoms with Crippen molar-refractivity contribution in [2.45, 2.75) is 12.6 Å². The first-order chi connectivity index (χ1) is 8.25. The van der Waals surface area contributed by atoms with Gasteiger partial charge < -0.3 is 10.6 Å². The normalized spacial score (nSPS) is 18.9. The average molecular weight is 256 g/mol. The van der Waals surface area contributed by atoms with E-state index in [4.69, 9.17) is 4.84 Å². The molecule has 0 saturated carbocycles. The van der Waals surface area contributed by atoms with Gasteiger partial charge in [0.1, 0.15) is 0 Å². The van der Waals surface area contributed by atoms with Gasteiger partial charge in [0.2, 0.25) is 0 Å². The number of hydrogen-bond donors (Lipinski definition) is 3. The van der Waals surface area contributed by atoms with Gasteiger partial charge >= 0.3 is 11.8 Å². The molecule has 0 aliphatic carbocycles. The molecular formula is C9H12N4O3S. The number of nitrogens with zero attached hydrogens (tertiary/aromatic N) is 1. The Morgan fingerprint density at radius 1 is 1.59 bits per heavy atom. The minimum Gasteiger partial charge on any atom is -0.342 e. The second kappa shape index (κ2) is 5.71. The molecule has 1 saturated heterocycles. The molecule has 92 valence electrons. The lowest BCUT2D eigenvalue weighted by Gasteiger charge is -2.09. The summed E-state index contributed by atoms with van der Waals surface area (Å²) in [6, 6.07) is -0.160. The van der Waals surface area contributed by atoms with Gasteiger partial charge in [-0.1, -0.05) is 0 Å². The number of rotatable bonds is 3. The molecule has 0 bridgehead atoms. The third kappa shape index (κ3) is 3.48. The smallest absolute Gasteiger partial charge is 0.309 e. The molecule has 2 amide bonds. The predicted octanol–water partition coefficient (Wildman–Crippen LogP) is -1.22. The monoisotopic (exact) mass is 256 g/mol. The van der Waals surface area contributed by atoms with Crippen LogP contribution >= 0.6 is 11.3 Å². The topological polar surface area (TPSA) is 92.4 Å². The summed E-state index contributed by atoms with van der Waals surface area (Å²) in [6.07, 6.45) is 0. The summed E-state index contributed by atoms with van der Waals surface area (Å²) in [7, 11) is 0. The van der Waals surface area contributed by atoms with Crippen molar-refractivity contribution >= 4 is 23.2 Å². The maximum atomic E-state index is 11.4. The van der Waals surface area contributed by atoms with Crippen LogP contribution in [-0.2, 0) is 21.0 Å². The predicted molar refractivity (Wildman–Crippen MR) is 59.8 cm³/mol. The third-order valence-electron chi connectivity index (χ3n) is 2.17. The Labute approximate surface area is 102 Å². The average Bonchev–Trinajstić information content (AvgIpc) is 2.98. The number of hydroxylamine groups is 1. The summed E-state index contributed by atoms with van der Waals surface area (Å²) >= 11 is 1.44. The van der Waals surface area contributed by atoms with Crippen LogP contribution in [0.4, 0.5) is 0 Å². The van der Waals surface area contributed by atoms with E-state index in [1.165, 1.54) is 11.3 Å². The quantitative estimate of drug-likeness (QED) is 0.589. The van der Waals surface area contributed by atoms with Gasteiger partial charge in [-0.25, -0.2) is 10.5 Å². The molecule has 1 aromatic heterocycles. The number of aromatic nitrogens is 1. The van der Waals surface area contributed by atoms with E-state index in [1.54, 1.807) is 5.51 Å². The van der Waals surface area contributed by atoms with Crippen LogP contribution in [0.1, 0.15) is 5.69 Å². The number of amides is 2. The first kappa shape index (κ1) is 12.0. The zero-order valence-corrected chi connectivity index (χ0v) is 9.75. The molecule has 2 rings (SSSR count). The fourth-order valence-corrected chi connectivity index (χ4v) is 1.86. The summed E-state index contributed by atoms with van der Waals surface area (Å²) in [5.41, 5.74) is 5.02. The number of thiazole rings is 1. The van der Waals surface area contributed by atoms with E-state index in [-0.39, 0.29) is 12.6 Å². The summed E-state index contributed by atoms with van der Waals surface area (Å²) < 4.78 is 0. The van der Waals surface area contributed by atoms with Crippen LogP contribution in [0.15, 0.2) is 10.9 Å². The largest absolute Gasteiger partial charge is 0.342 e. The molecule has 1 atom stereocenters. The highest BCUT2D eigenvalue weighted by atomic mass is 32.1. The Hall–Kier alpha value is -1.51. The van der Waals surface area contributed by atoms with E-state index in [0.717, 1.165) is 5.69 Å². The van der Waals surface area contributed by atoms with E-state index >= 15 is 0 Å². The van der Waals surface area contributed by atoms with Gasteiger partial charge in [-0.05, 0) is 0 Å². The minimum absolute atomic E-state index is 0.160. The Bertz CT molecular complexity index is 389. The lowest BCUT2D eigenvalue weighted by molar-refractivity contribution is -0.139. The van der Waals surface area contributed by atoms with Crippen LogP contribution in [-0.4, -0.2) is 36.0 Å². The van der Waals surface area contributed by atoms with E-state index < -0.39 is 11.8 Å². The molecule has 1 fully saturated rings. The number of nitrogens with one attached hydrogen (secondary N) is 3. The fourth-order valence-electron chi connectivity index (χ4n) is 1.30. The Kier molecular flexibility index (Phi) is 4.02. The molecule has 3 N–H and O–H groups in total. The summed E-state index contributed by atoms with van der Waals surface area (Å²) in [5.74, 6) is -1.32. The minimum atomic E-state index is -0.662. The number of hydrogen-bond acceptors (Lipinski definition) is 6. The van der Waals surface area contributed by atoms with Gasteiger partial charge in [-0.3, -0.25) is 14.4 Å². The Morgan fingerprint density at radius 2 is 2.47 bits per heavy atom. The van der Waals surface area contributed by atoms with E-state index in [9.17, 15) is 9.59 Å². The second-order valence-electron chi connectivity index (χ2n) is 3.49. The SMILES string of the molecule is O=C(NCc1cscn1)C(=O)N[C@H]1CNOC1. The molecule has 1 aliphatic heterocycles. The highest BCUT2D eigenvalue weighted by Gasteiger charge is 2.21. The highest BCUT2D eigenvalue weighted by Crippen LogP contribution is 1.99. The number of carbonyl (C=O) groups excluding carboxylic acids is 2. The second-order valence-corrected chi connectivity index (χ2v) is 4.21. The van der Waals surface area contributed by atoms with Gasteiger partial charge in [-0.2, -0.15) is 0 Å². The standard InChI is InChI=1S/C9H12N4O3S/c14-8(10-1-7-4-17-5-11-7)9(15)13-6-2-12-16-3-6/h4-6,12H,1-3H2,(H,10,14)(H,13,15)/t6-/m0/s1. The van der Waals surface area contributed by atoms with Gasteiger partial charge in [0.25, 0.3) is 0 Å².